The summed E-state index contributed by atoms with van der Waals surface area (Å²) in [6.07, 6.45) is 2.62. The normalized spacial score (nSPS) is 23.4. The zero-order valence-electron chi connectivity index (χ0n) is 9.72. The van der Waals surface area contributed by atoms with Crippen molar-refractivity contribution in [2.75, 3.05) is 23.7 Å². The molecule has 0 amide bonds. The van der Waals surface area contributed by atoms with Gasteiger partial charge in [-0.3, -0.25) is 0 Å². The van der Waals surface area contributed by atoms with E-state index in [-0.39, 0.29) is 0 Å². The van der Waals surface area contributed by atoms with Crippen molar-refractivity contribution in [1.29, 1.82) is 0 Å². The number of thioether (sulfide) groups is 1. The number of thiazole rings is 1. The Hall–Kier alpha value is -0.260. The first-order chi connectivity index (χ1) is 7.70. The Morgan fingerprint density at radius 1 is 1.69 bits per heavy atom. The molecule has 16 heavy (non-hydrogen) atoms. The second-order valence-corrected chi connectivity index (χ2v) is 6.52. The predicted molar refractivity (Wildman–Crippen MR) is 71.5 cm³/mol. The minimum Gasteiger partial charge on any atom is -0.388 e. The second kappa shape index (κ2) is 5.38. The van der Waals surface area contributed by atoms with Crippen LogP contribution in [0.3, 0.4) is 0 Å². The lowest BCUT2D eigenvalue weighted by atomic mass is 10.3. The summed E-state index contributed by atoms with van der Waals surface area (Å²) >= 11 is 3.68. The molecule has 2 heterocycles. The van der Waals surface area contributed by atoms with Crippen LogP contribution in [-0.4, -0.2) is 34.2 Å². The molecule has 2 rings (SSSR count). The molecule has 90 valence electrons. The average Bonchev–Trinajstić information content (AvgIpc) is 2.78. The van der Waals surface area contributed by atoms with Crippen LogP contribution in [0.15, 0.2) is 6.20 Å². The minimum absolute atomic E-state index is 0.396. The second-order valence-electron chi connectivity index (χ2n) is 4.07. The topological polar surface area (TPSA) is 36.4 Å². The van der Waals surface area contributed by atoms with E-state index in [1.165, 1.54) is 12.2 Å². The number of hydrogen-bond donors (Lipinski definition) is 1. The third-order valence-corrected chi connectivity index (χ3v) is 5.39. The summed E-state index contributed by atoms with van der Waals surface area (Å²) in [7, 11) is 0. The average molecular weight is 258 g/mol. The summed E-state index contributed by atoms with van der Waals surface area (Å²) in [6, 6.07) is 0. The van der Waals surface area contributed by atoms with Crippen LogP contribution in [0, 0.1) is 0 Å². The molecule has 1 aliphatic heterocycles. The van der Waals surface area contributed by atoms with Crippen molar-refractivity contribution in [1.82, 2.24) is 4.98 Å². The highest BCUT2D eigenvalue weighted by Gasteiger charge is 2.21. The summed E-state index contributed by atoms with van der Waals surface area (Å²) in [5.74, 6) is 1.18. The number of aliphatic hydroxyl groups excluding tert-OH is 1. The molecule has 1 aromatic heterocycles. The lowest BCUT2D eigenvalue weighted by molar-refractivity contribution is 0.203. The quantitative estimate of drug-likeness (QED) is 0.904. The molecule has 5 heteroatoms. The van der Waals surface area contributed by atoms with Gasteiger partial charge in [-0.15, -0.1) is 0 Å². The van der Waals surface area contributed by atoms with Crippen molar-refractivity contribution in [3.8, 4) is 0 Å². The van der Waals surface area contributed by atoms with Gasteiger partial charge in [0.2, 0.25) is 0 Å². The van der Waals surface area contributed by atoms with Crippen molar-refractivity contribution in [2.24, 2.45) is 0 Å². The van der Waals surface area contributed by atoms with Gasteiger partial charge in [-0.25, -0.2) is 4.98 Å². The number of anilines is 1. The molecule has 0 saturated carbocycles. The number of nitrogens with zero attached hydrogens (tertiary/aromatic N) is 2. The van der Waals surface area contributed by atoms with E-state index in [0.29, 0.717) is 0 Å². The summed E-state index contributed by atoms with van der Waals surface area (Å²) in [6.45, 7) is 6.20. The van der Waals surface area contributed by atoms with Gasteiger partial charge in [0, 0.05) is 30.3 Å². The van der Waals surface area contributed by atoms with Crippen molar-refractivity contribution in [3.05, 3.63) is 11.1 Å². The lowest BCUT2D eigenvalue weighted by Gasteiger charge is -2.31. The zero-order chi connectivity index (χ0) is 11.5. The summed E-state index contributed by atoms with van der Waals surface area (Å²) in [4.78, 5) is 7.71. The van der Waals surface area contributed by atoms with Crippen LogP contribution in [0.25, 0.3) is 0 Å². The molecular formula is C11H18N2OS2. The summed E-state index contributed by atoms with van der Waals surface area (Å²) in [5.41, 5.74) is 0. The van der Waals surface area contributed by atoms with E-state index in [0.717, 1.165) is 28.3 Å². The molecule has 3 nitrogen and oxygen atoms in total. The minimum atomic E-state index is -0.396. The van der Waals surface area contributed by atoms with Gasteiger partial charge in [0.15, 0.2) is 5.13 Å². The molecule has 2 atom stereocenters. The molecular weight excluding hydrogens is 240 g/mol. The van der Waals surface area contributed by atoms with Gasteiger partial charge in [-0.1, -0.05) is 18.3 Å². The fraction of sp³-hybridized carbons (Fsp3) is 0.727. The standard InChI is InChI=1S/C11H18N2OS2/c1-3-9-7-13(4-5-15-9)11-12-6-10(16-11)8(2)14/h6,8-9,14H,3-5,7H2,1-2H3. The van der Waals surface area contributed by atoms with Crippen LogP contribution in [0.1, 0.15) is 31.2 Å². The SMILES string of the molecule is CCC1CN(c2ncc(C(C)O)s2)CCS1. The van der Waals surface area contributed by atoms with Gasteiger partial charge >= 0.3 is 0 Å². The van der Waals surface area contributed by atoms with Gasteiger partial charge in [-0.05, 0) is 13.3 Å². The third-order valence-electron chi connectivity index (χ3n) is 2.79. The molecule has 2 unspecified atom stereocenters. The smallest absolute Gasteiger partial charge is 0.185 e. The van der Waals surface area contributed by atoms with E-state index in [9.17, 15) is 5.11 Å². The van der Waals surface area contributed by atoms with Crippen molar-refractivity contribution in [3.63, 3.8) is 0 Å². The number of hydrogen-bond acceptors (Lipinski definition) is 5. The van der Waals surface area contributed by atoms with Crippen LogP contribution in [-0.2, 0) is 0 Å². The van der Waals surface area contributed by atoms with Gasteiger partial charge in [0.05, 0.1) is 11.0 Å². The maximum absolute atomic E-state index is 9.48. The zero-order valence-corrected chi connectivity index (χ0v) is 11.4. The van der Waals surface area contributed by atoms with Crippen molar-refractivity contribution in [2.45, 2.75) is 31.6 Å². The monoisotopic (exact) mass is 258 g/mol. The molecule has 0 aliphatic carbocycles. The fourth-order valence-electron chi connectivity index (χ4n) is 1.76. The van der Waals surface area contributed by atoms with Crippen LogP contribution >= 0.6 is 23.1 Å². The molecule has 0 spiro atoms. The first kappa shape index (κ1) is 12.2. The van der Waals surface area contributed by atoms with Crippen molar-refractivity contribution >= 4 is 28.2 Å². The van der Waals surface area contributed by atoms with Gasteiger partial charge in [0.25, 0.3) is 0 Å². The highest BCUT2D eigenvalue weighted by molar-refractivity contribution is 8.00. The van der Waals surface area contributed by atoms with Crippen LogP contribution in [0.2, 0.25) is 0 Å². The molecule has 1 N–H and O–H groups in total. The van der Waals surface area contributed by atoms with E-state index >= 15 is 0 Å². The van der Waals surface area contributed by atoms with Crippen molar-refractivity contribution < 1.29 is 5.11 Å². The summed E-state index contributed by atoms with van der Waals surface area (Å²) < 4.78 is 0. The molecule has 1 fully saturated rings. The van der Waals surface area contributed by atoms with Crippen LogP contribution in [0.4, 0.5) is 5.13 Å². The Bertz CT molecular complexity index is 340. The molecule has 1 aliphatic rings. The van der Waals surface area contributed by atoms with E-state index < -0.39 is 6.10 Å². The van der Waals surface area contributed by atoms with E-state index in [1.807, 2.05) is 0 Å². The maximum Gasteiger partial charge on any atom is 0.185 e. The molecule has 1 saturated heterocycles. The molecule has 0 bridgehead atoms. The Balaban J connectivity index is 2.05. The number of aromatic nitrogens is 1. The summed E-state index contributed by atoms with van der Waals surface area (Å²) in [5, 5.41) is 11.3. The highest BCUT2D eigenvalue weighted by Crippen LogP contribution is 2.30. The Morgan fingerprint density at radius 3 is 3.12 bits per heavy atom. The molecule has 0 radical (unpaired) electrons. The predicted octanol–water partition coefficient (Wildman–Crippen LogP) is 2.53. The van der Waals surface area contributed by atoms with Crippen LogP contribution < -0.4 is 4.90 Å². The first-order valence-electron chi connectivity index (χ1n) is 5.71. The number of aliphatic hydroxyl groups is 1. The maximum atomic E-state index is 9.48. The van der Waals surface area contributed by atoms with Gasteiger partial charge < -0.3 is 10.0 Å². The van der Waals surface area contributed by atoms with E-state index in [2.05, 4.69) is 28.6 Å². The van der Waals surface area contributed by atoms with E-state index in [1.54, 1.807) is 24.5 Å². The molecule has 1 aromatic rings. The highest BCUT2D eigenvalue weighted by atomic mass is 32.2. The largest absolute Gasteiger partial charge is 0.388 e. The number of rotatable bonds is 3. The Morgan fingerprint density at radius 2 is 2.50 bits per heavy atom. The van der Waals surface area contributed by atoms with Gasteiger partial charge in [-0.2, -0.15) is 11.8 Å². The molecule has 0 aromatic carbocycles. The van der Waals surface area contributed by atoms with Gasteiger partial charge in [0.1, 0.15) is 0 Å². The first-order valence-corrected chi connectivity index (χ1v) is 7.57. The van der Waals surface area contributed by atoms with Crippen LogP contribution in [0.5, 0.6) is 0 Å². The van der Waals surface area contributed by atoms with E-state index in [4.69, 9.17) is 0 Å². The fourth-order valence-corrected chi connectivity index (χ4v) is 3.82. The Labute approximate surface area is 105 Å². The lowest BCUT2D eigenvalue weighted by Crippen LogP contribution is -2.37. The Kier molecular flexibility index (Phi) is 4.10. The third kappa shape index (κ3) is 2.70.